The van der Waals surface area contributed by atoms with Crippen molar-refractivity contribution >= 4 is 17.7 Å². The Hall–Kier alpha value is -2.17. The van der Waals surface area contributed by atoms with Gasteiger partial charge in [0.1, 0.15) is 5.82 Å². The number of rotatable bonds is 3. The van der Waals surface area contributed by atoms with Gasteiger partial charge in [0.2, 0.25) is 5.91 Å². The molecule has 19 heavy (non-hydrogen) atoms. The van der Waals surface area contributed by atoms with E-state index in [9.17, 15) is 9.59 Å². The predicted octanol–water partition coefficient (Wildman–Crippen LogP) is 2.00. The van der Waals surface area contributed by atoms with Crippen molar-refractivity contribution in [3.8, 4) is 0 Å². The SMILES string of the molecule is Cc1cccc(NC(=O)[C@@H]2CC=CC[C@H]2C(=O)O)n1. The molecule has 5 nitrogen and oxygen atoms in total. The molecule has 1 aliphatic rings. The van der Waals surface area contributed by atoms with Gasteiger partial charge in [-0.15, -0.1) is 0 Å². The molecule has 1 heterocycles. The van der Waals surface area contributed by atoms with Gasteiger partial charge in [0.05, 0.1) is 11.8 Å². The van der Waals surface area contributed by atoms with Crippen LogP contribution in [0.1, 0.15) is 18.5 Å². The highest BCUT2D eigenvalue weighted by Crippen LogP contribution is 2.27. The van der Waals surface area contributed by atoms with E-state index in [1.165, 1.54) is 0 Å². The number of aromatic nitrogens is 1. The molecule has 2 rings (SSSR count). The van der Waals surface area contributed by atoms with Crippen molar-refractivity contribution in [1.29, 1.82) is 0 Å². The summed E-state index contributed by atoms with van der Waals surface area (Å²) in [5, 5.41) is 11.8. The Morgan fingerprint density at radius 1 is 1.26 bits per heavy atom. The van der Waals surface area contributed by atoms with Gasteiger partial charge >= 0.3 is 5.97 Å². The maximum absolute atomic E-state index is 12.1. The number of carbonyl (C=O) groups excluding carboxylic acids is 1. The van der Waals surface area contributed by atoms with Gasteiger partial charge in [0, 0.05) is 5.69 Å². The average Bonchev–Trinajstić information content (AvgIpc) is 2.38. The maximum Gasteiger partial charge on any atom is 0.307 e. The van der Waals surface area contributed by atoms with E-state index in [0.29, 0.717) is 18.7 Å². The molecule has 0 aromatic carbocycles. The summed E-state index contributed by atoms with van der Waals surface area (Å²) in [5.74, 6) is -1.94. The second kappa shape index (κ2) is 5.65. The highest BCUT2D eigenvalue weighted by atomic mass is 16.4. The Bertz CT molecular complexity index is 525. The van der Waals surface area contributed by atoms with Crippen LogP contribution in [0.15, 0.2) is 30.4 Å². The van der Waals surface area contributed by atoms with E-state index >= 15 is 0 Å². The Kier molecular flexibility index (Phi) is 3.94. The van der Waals surface area contributed by atoms with E-state index in [4.69, 9.17) is 5.11 Å². The zero-order chi connectivity index (χ0) is 13.8. The van der Waals surface area contributed by atoms with Crippen LogP contribution < -0.4 is 5.32 Å². The van der Waals surface area contributed by atoms with Crippen LogP contribution in [0.5, 0.6) is 0 Å². The second-order valence-corrected chi connectivity index (χ2v) is 4.65. The Balaban J connectivity index is 2.10. The number of carboxylic acid groups (broad SMARTS) is 1. The van der Waals surface area contributed by atoms with Crippen LogP contribution in [-0.2, 0) is 9.59 Å². The molecule has 0 fully saturated rings. The number of aryl methyl sites for hydroxylation is 1. The fourth-order valence-electron chi connectivity index (χ4n) is 2.21. The van der Waals surface area contributed by atoms with E-state index in [0.717, 1.165) is 5.69 Å². The molecule has 1 amide bonds. The first kappa shape index (κ1) is 13.3. The number of hydrogen-bond donors (Lipinski definition) is 2. The molecule has 100 valence electrons. The summed E-state index contributed by atoms with van der Waals surface area (Å²) in [5.41, 5.74) is 0.802. The molecule has 1 aromatic heterocycles. The molecule has 0 unspecified atom stereocenters. The van der Waals surface area contributed by atoms with Crippen molar-refractivity contribution in [2.75, 3.05) is 5.32 Å². The minimum atomic E-state index is -0.929. The third-order valence-corrected chi connectivity index (χ3v) is 3.23. The summed E-state index contributed by atoms with van der Waals surface area (Å²) < 4.78 is 0. The highest BCUT2D eigenvalue weighted by Gasteiger charge is 2.34. The van der Waals surface area contributed by atoms with E-state index in [1.54, 1.807) is 12.1 Å². The van der Waals surface area contributed by atoms with Crippen molar-refractivity contribution in [3.05, 3.63) is 36.0 Å². The summed E-state index contributed by atoms with van der Waals surface area (Å²) in [7, 11) is 0. The molecule has 0 spiro atoms. The summed E-state index contributed by atoms with van der Waals surface area (Å²) in [6.45, 7) is 1.83. The number of pyridine rings is 1. The Morgan fingerprint density at radius 3 is 2.58 bits per heavy atom. The number of amides is 1. The minimum Gasteiger partial charge on any atom is -0.481 e. The van der Waals surface area contributed by atoms with Gasteiger partial charge in [-0.3, -0.25) is 9.59 Å². The number of anilines is 1. The second-order valence-electron chi connectivity index (χ2n) is 4.65. The lowest BCUT2D eigenvalue weighted by Gasteiger charge is -2.24. The first-order valence-corrected chi connectivity index (χ1v) is 6.20. The molecule has 1 aliphatic carbocycles. The van der Waals surface area contributed by atoms with Gasteiger partial charge in [0.15, 0.2) is 0 Å². The maximum atomic E-state index is 12.1. The number of carboxylic acids is 1. The van der Waals surface area contributed by atoms with Crippen LogP contribution in [0.25, 0.3) is 0 Å². The fourth-order valence-corrected chi connectivity index (χ4v) is 2.21. The van der Waals surface area contributed by atoms with Gasteiger partial charge in [-0.25, -0.2) is 4.98 Å². The molecule has 5 heteroatoms. The highest BCUT2D eigenvalue weighted by molar-refractivity contribution is 5.94. The van der Waals surface area contributed by atoms with Crippen LogP contribution >= 0.6 is 0 Å². The molecule has 0 saturated heterocycles. The molecule has 1 aromatic rings. The number of aliphatic carboxylic acids is 1. The number of allylic oxidation sites excluding steroid dienone is 2. The van der Waals surface area contributed by atoms with E-state index in [-0.39, 0.29) is 5.91 Å². The summed E-state index contributed by atoms with van der Waals surface area (Å²) in [4.78, 5) is 27.5. The number of nitrogens with one attached hydrogen (secondary N) is 1. The standard InChI is InChI=1S/C14H16N2O3/c1-9-5-4-8-12(15-9)16-13(17)10-6-2-3-7-11(10)14(18)19/h2-5,8,10-11H,6-7H2,1H3,(H,18,19)(H,15,16,17)/t10-,11-/m1/s1. The Morgan fingerprint density at radius 2 is 1.95 bits per heavy atom. The van der Waals surface area contributed by atoms with Crippen molar-refractivity contribution in [3.63, 3.8) is 0 Å². The summed E-state index contributed by atoms with van der Waals surface area (Å²) in [6, 6.07) is 5.33. The molecule has 0 saturated carbocycles. The normalized spacial score (nSPS) is 21.9. The first-order valence-electron chi connectivity index (χ1n) is 6.20. The largest absolute Gasteiger partial charge is 0.481 e. The number of carbonyl (C=O) groups is 2. The topological polar surface area (TPSA) is 79.3 Å². The van der Waals surface area contributed by atoms with Gasteiger partial charge in [-0.1, -0.05) is 18.2 Å². The van der Waals surface area contributed by atoms with Crippen LogP contribution in [0.3, 0.4) is 0 Å². The quantitative estimate of drug-likeness (QED) is 0.815. The smallest absolute Gasteiger partial charge is 0.307 e. The zero-order valence-electron chi connectivity index (χ0n) is 10.7. The summed E-state index contributed by atoms with van der Waals surface area (Å²) in [6.07, 6.45) is 4.52. The molecule has 0 bridgehead atoms. The van der Waals surface area contributed by atoms with E-state index in [2.05, 4.69) is 10.3 Å². The first-order chi connectivity index (χ1) is 9.08. The average molecular weight is 260 g/mol. The van der Waals surface area contributed by atoms with Crippen molar-refractivity contribution in [2.24, 2.45) is 11.8 Å². The van der Waals surface area contributed by atoms with Crippen molar-refractivity contribution in [1.82, 2.24) is 4.98 Å². The van der Waals surface area contributed by atoms with E-state index in [1.807, 2.05) is 25.1 Å². The van der Waals surface area contributed by atoms with Crippen LogP contribution in [0, 0.1) is 18.8 Å². The molecule has 0 aliphatic heterocycles. The van der Waals surface area contributed by atoms with Crippen LogP contribution in [0.2, 0.25) is 0 Å². The molecular formula is C14H16N2O3. The lowest BCUT2D eigenvalue weighted by Crippen LogP contribution is -2.34. The molecular weight excluding hydrogens is 244 g/mol. The van der Waals surface area contributed by atoms with Crippen LogP contribution in [0.4, 0.5) is 5.82 Å². The van der Waals surface area contributed by atoms with Gasteiger partial charge < -0.3 is 10.4 Å². The molecule has 0 radical (unpaired) electrons. The Labute approximate surface area is 111 Å². The third kappa shape index (κ3) is 3.19. The lowest BCUT2D eigenvalue weighted by atomic mass is 9.82. The minimum absolute atomic E-state index is 0.283. The van der Waals surface area contributed by atoms with Gasteiger partial charge in [0.25, 0.3) is 0 Å². The number of nitrogens with zero attached hydrogens (tertiary/aromatic N) is 1. The lowest BCUT2D eigenvalue weighted by molar-refractivity contribution is -0.146. The van der Waals surface area contributed by atoms with Crippen LogP contribution in [-0.4, -0.2) is 22.0 Å². The fraction of sp³-hybridized carbons (Fsp3) is 0.357. The van der Waals surface area contributed by atoms with E-state index < -0.39 is 17.8 Å². The zero-order valence-corrected chi connectivity index (χ0v) is 10.7. The van der Waals surface area contributed by atoms with Crippen molar-refractivity contribution < 1.29 is 14.7 Å². The van der Waals surface area contributed by atoms with Gasteiger partial charge in [-0.2, -0.15) is 0 Å². The predicted molar refractivity (Wildman–Crippen MR) is 70.6 cm³/mol. The number of hydrogen-bond acceptors (Lipinski definition) is 3. The molecule has 2 N–H and O–H groups in total. The monoisotopic (exact) mass is 260 g/mol. The third-order valence-electron chi connectivity index (χ3n) is 3.23. The van der Waals surface area contributed by atoms with Crippen molar-refractivity contribution in [2.45, 2.75) is 19.8 Å². The molecule has 2 atom stereocenters. The van der Waals surface area contributed by atoms with Gasteiger partial charge in [-0.05, 0) is 31.9 Å². The summed E-state index contributed by atoms with van der Waals surface area (Å²) >= 11 is 0.